The lowest BCUT2D eigenvalue weighted by molar-refractivity contribution is -0.260. The number of aromatic nitrogens is 2. The van der Waals surface area contributed by atoms with Crippen LogP contribution in [0.2, 0.25) is 0 Å². The number of phenolic OH excluding ortho intramolecular Hbond substituents is 1. The van der Waals surface area contributed by atoms with Gasteiger partial charge >= 0.3 is 6.18 Å². The van der Waals surface area contributed by atoms with E-state index in [1.807, 2.05) is 6.07 Å². The number of methoxy groups -OCH3 is 1. The number of fused-ring (bicyclic) bond motifs is 1. The summed E-state index contributed by atoms with van der Waals surface area (Å²) in [6.45, 7) is 3.95. The number of alkyl halides is 3. The van der Waals surface area contributed by atoms with E-state index in [-0.39, 0.29) is 17.1 Å². The van der Waals surface area contributed by atoms with Crippen LogP contribution in [-0.4, -0.2) is 45.4 Å². The monoisotopic (exact) mass is 531 g/mol. The van der Waals surface area contributed by atoms with E-state index in [4.69, 9.17) is 4.74 Å². The van der Waals surface area contributed by atoms with Crippen LogP contribution in [0.5, 0.6) is 11.5 Å². The average Bonchev–Trinajstić information content (AvgIpc) is 3.25. The molecule has 0 amide bonds. The van der Waals surface area contributed by atoms with Gasteiger partial charge in [-0.1, -0.05) is 19.9 Å². The van der Waals surface area contributed by atoms with Gasteiger partial charge in [0.2, 0.25) is 0 Å². The van der Waals surface area contributed by atoms with Gasteiger partial charge in [0.15, 0.2) is 5.60 Å². The second-order valence-electron chi connectivity index (χ2n) is 10.1. The van der Waals surface area contributed by atoms with Gasteiger partial charge < -0.3 is 20.3 Å². The fourth-order valence-electron chi connectivity index (χ4n) is 4.78. The Labute approximate surface area is 217 Å². The Balaban J connectivity index is 1.69. The molecule has 0 aliphatic rings. The maximum atomic E-state index is 14.3. The van der Waals surface area contributed by atoms with Gasteiger partial charge in [0.25, 0.3) is 0 Å². The smallest absolute Gasteiger partial charge is 0.418 e. The molecule has 1 atom stereocenters. The molecule has 6 nitrogen and oxygen atoms in total. The van der Waals surface area contributed by atoms with Crippen LogP contribution in [0.15, 0.2) is 60.8 Å². The lowest BCUT2D eigenvalue weighted by Gasteiger charge is -2.38. The number of nitrogens with one attached hydrogen (secondary N) is 1. The van der Waals surface area contributed by atoms with Crippen molar-refractivity contribution in [3.8, 4) is 17.2 Å². The maximum Gasteiger partial charge on any atom is 0.418 e. The lowest BCUT2D eigenvalue weighted by atomic mass is 9.74. The summed E-state index contributed by atoms with van der Waals surface area (Å²) < 4.78 is 63.8. The molecule has 202 valence electrons. The standard InChI is InChI=1S/C28H29F4N3O3/c1-17-10-23(21-14-34-35(24(21)11-17)19-6-5-7-20(36)13-19)33-16-27(37,28(30,31)32)15-26(2,3)22-12-18(29)8-9-25(22)38-4/h5-14,33,36-37H,15-16H2,1-4H3. The molecule has 0 saturated carbocycles. The van der Waals surface area contributed by atoms with Gasteiger partial charge in [0.05, 0.1) is 31.1 Å². The largest absolute Gasteiger partial charge is 0.508 e. The molecule has 1 aromatic heterocycles. The van der Waals surface area contributed by atoms with Crippen LogP contribution in [0.4, 0.5) is 23.2 Å². The van der Waals surface area contributed by atoms with Crippen molar-refractivity contribution in [2.75, 3.05) is 19.0 Å². The number of phenols is 1. The maximum absolute atomic E-state index is 14.3. The Kier molecular flexibility index (Phi) is 7.05. The van der Waals surface area contributed by atoms with Crippen molar-refractivity contribution in [1.82, 2.24) is 9.78 Å². The third-order valence-corrected chi connectivity index (χ3v) is 6.63. The number of aryl methyl sites for hydroxylation is 1. The van der Waals surface area contributed by atoms with Crippen molar-refractivity contribution in [3.63, 3.8) is 0 Å². The molecular weight excluding hydrogens is 502 g/mol. The Morgan fingerprint density at radius 3 is 2.45 bits per heavy atom. The Bertz CT molecular complexity index is 1470. The minimum atomic E-state index is -4.99. The number of hydrogen-bond donors (Lipinski definition) is 3. The van der Waals surface area contributed by atoms with Gasteiger partial charge in [-0.05, 0) is 66.8 Å². The summed E-state index contributed by atoms with van der Waals surface area (Å²) in [7, 11) is 1.35. The van der Waals surface area contributed by atoms with Gasteiger partial charge in [-0.2, -0.15) is 18.3 Å². The number of halogens is 4. The number of rotatable bonds is 8. The minimum absolute atomic E-state index is 0.0462. The van der Waals surface area contributed by atoms with Gasteiger partial charge in [0, 0.05) is 22.7 Å². The van der Waals surface area contributed by atoms with Crippen LogP contribution < -0.4 is 10.1 Å². The molecule has 3 N–H and O–H groups in total. The van der Waals surface area contributed by atoms with Crippen molar-refractivity contribution in [2.45, 2.75) is 44.4 Å². The van der Waals surface area contributed by atoms with E-state index in [2.05, 4.69) is 10.4 Å². The Hall–Kier alpha value is -3.79. The third kappa shape index (κ3) is 5.26. The number of hydrogen-bond acceptors (Lipinski definition) is 5. The molecule has 0 spiro atoms. The zero-order chi connectivity index (χ0) is 27.9. The molecule has 0 saturated heterocycles. The number of aromatic hydroxyl groups is 1. The summed E-state index contributed by atoms with van der Waals surface area (Å²) in [5.41, 5.74) is -1.95. The second-order valence-corrected chi connectivity index (χ2v) is 10.1. The predicted octanol–water partition coefficient (Wildman–Crippen LogP) is 6.26. The fraction of sp³-hybridized carbons (Fsp3) is 0.321. The molecule has 0 fully saturated rings. The van der Waals surface area contributed by atoms with E-state index in [0.717, 1.165) is 17.7 Å². The zero-order valence-corrected chi connectivity index (χ0v) is 21.4. The topological polar surface area (TPSA) is 79.5 Å². The van der Waals surface area contributed by atoms with Crippen LogP contribution in [0.3, 0.4) is 0 Å². The molecule has 4 aromatic rings. The predicted molar refractivity (Wildman–Crippen MR) is 138 cm³/mol. The Morgan fingerprint density at radius 2 is 1.79 bits per heavy atom. The third-order valence-electron chi connectivity index (χ3n) is 6.63. The van der Waals surface area contributed by atoms with Gasteiger partial charge in [-0.15, -0.1) is 0 Å². The highest BCUT2D eigenvalue weighted by Gasteiger charge is 2.56. The van der Waals surface area contributed by atoms with Crippen LogP contribution in [0.25, 0.3) is 16.6 Å². The molecular formula is C28H29F4N3O3. The first kappa shape index (κ1) is 27.3. The number of aliphatic hydroxyl groups is 1. The first-order chi connectivity index (χ1) is 17.7. The molecule has 38 heavy (non-hydrogen) atoms. The molecule has 1 unspecified atom stereocenters. The summed E-state index contributed by atoms with van der Waals surface area (Å²) in [5, 5.41) is 28.6. The molecule has 10 heteroatoms. The molecule has 3 aromatic carbocycles. The van der Waals surface area contributed by atoms with Crippen molar-refractivity contribution < 1.29 is 32.5 Å². The molecule has 1 heterocycles. The normalized spacial score (nSPS) is 13.9. The van der Waals surface area contributed by atoms with Crippen LogP contribution in [0.1, 0.15) is 31.4 Å². The summed E-state index contributed by atoms with van der Waals surface area (Å²) in [5.74, 6) is -0.341. The van der Waals surface area contributed by atoms with Crippen LogP contribution >= 0.6 is 0 Å². The number of benzene rings is 3. The number of nitrogens with zero attached hydrogens (tertiary/aromatic N) is 2. The number of anilines is 1. The van der Waals surface area contributed by atoms with E-state index in [0.29, 0.717) is 22.3 Å². The van der Waals surface area contributed by atoms with Crippen molar-refractivity contribution >= 4 is 16.6 Å². The SMILES string of the molecule is COc1ccc(F)cc1C(C)(C)CC(O)(CNc1cc(C)cc2c1cnn2-c1cccc(O)c1)C(F)(F)F. The van der Waals surface area contributed by atoms with E-state index in [1.54, 1.807) is 29.8 Å². The highest BCUT2D eigenvalue weighted by Crippen LogP contribution is 2.44. The fourth-order valence-corrected chi connectivity index (χ4v) is 4.78. The zero-order valence-electron chi connectivity index (χ0n) is 21.4. The molecule has 0 radical (unpaired) electrons. The first-order valence-electron chi connectivity index (χ1n) is 11.9. The van der Waals surface area contributed by atoms with Crippen LogP contribution in [-0.2, 0) is 5.41 Å². The number of ether oxygens (including phenoxy) is 1. The van der Waals surface area contributed by atoms with Gasteiger partial charge in [0.1, 0.15) is 17.3 Å². The van der Waals surface area contributed by atoms with Crippen molar-refractivity contribution in [1.29, 1.82) is 0 Å². The second kappa shape index (κ2) is 9.83. The van der Waals surface area contributed by atoms with Gasteiger partial charge in [-0.3, -0.25) is 0 Å². The molecule has 4 rings (SSSR count). The molecule has 0 aliphatic carbocycles. The van der Waals surface area contributed by atoms with E-state index in [9.17, 15) is 27.8 Å². The first-order valence-corrected chi connectivity index (χ1v) is 11.9. The van der Waals surface area contributed by atoms with E-state index in [1.165, 1.54) is 45.4 Å². The summed E-state index contributed by atoms with van der Waals surface area (Å²) >= 11 is 0. The van der Waals surface area contributed by atoms with Gasteiger partial charge in [-0.25, -0.2) is 9.07 Å². The lowest BCUT2D eigenvalue weighted by Crippen LogP contribution is -2.53. The summed E-state index contributed by atoms with van der Waals surface area (Å²) in [6.07, 6.45) is -4.24. The summed E-state index contributed by atoms with van der Waals surface area (Å²) in [4.78, 5) is 0. The van der Waals surface area contributed by atoms with Crippen LogP contribution in [0, 0.1) is 12.7 Å². The van der Waals surface area contributed by atoms with Crippen molar-refractivity contribution in [3.05, 3.63) is 77.7 Å². The van der Waals surface area contributed by atoms with Crippen molar-refractivity contribution in [2.24, 2.45) is 0 Å². The van der Waals surface area contributed by atoms with E-state index >= 15 is 0 Å². The highest BCUT2D eigenvalue weighted by molar-refractivity contribution is 5.93. The Morgan fingerprint density at radius 1 is 1.05 bits per heavy atom. The molecule has 0 aliphatic heterocycles. The molecule has 0 bridgehead atoms. The average molecular weight is 532 g/mol. The van der Waals surface area contributed by atoms with E-state index < -0.39 is 36.0 Å². The minimum Gasteiger partial charge on any atom is -0.508 e. The summed E-state index contributed by atoms with van der Waals surface area (Å²) in [6, 6.07) is 13.6. The quantitative estimate of drug-likeness (QED) is 0.234. The highest BCUT2D eigenvalue weighted by atomic mass is 19.4.